The van der Waals surface area contributed by atoms with Crippen LogP contribution in [0.1, 0.15) is 50.2 Å². The third-order valence-electron chi connectivity index (χ3n) is 7.56. The Balaban J connectivity index is 1.22. The number of carbonyl (C=O) groups excluding carboxylic acids is 2. The number of hydrogen-bond donors (Lipinski definition) is 0. The lowest BCUT2D eigenvalue weighted by molar-refractivity contribution is -0.138. The molecule has 1 saturated heterocycles. The molecule has 8 nitrogen and oxygen atoms in total. The van der Waals surface area contributed by atoms with Gasteiger partial charge in [-0.2, -0.15) is 22.7 Å². The third-order valence-corrected chi connectivity index (χ3v) is 9.96. The fraction of sp³-hybridized carbons (Fsp3) is 0.414. The van der Waals surface area contributed by atoms with Crippen molar-refractivity contribution in [2.75, 3.05) is 37.6 Å². The van der Waals surface area contributed by atoms with Crippen molar-refractivity contribution in [3.63, 3.8) is 0 Å². The molecule has 2 aliphatic heterocycles. The molecule has 2 heterocycles. The average Bonchev–Trinajstić information content (AvgIpc) is 3.17. The van der Waals surface area contributed by atoms with E-state index in [1.807, 2.05) is 0 Å². The topological polar surface area (TPSA) is 102 Å². The minimum Gasteiger partial charge on any atom is -0.301 e. The molecule has 0 radical (unpaired) electrons. The largest absolute Gasteiger partial charge is 0.417 e. The van der Waals surface area contributed by atoms with Gasteiger partial charge in [0.15, 0.2) is 0 Å². The molecule has 224 valence electrons. The number of unbranched alkanes of at least 4 members (excludes halogenated alkanes) is 3. The molecule has 0 unspecified atom stereocenters. The summed E-state index contributed by atoms with van der Waals surface area (Å²) < 4.78 is 67.5. The first kappa shape index (κ1) is 31.7. The van der Waals surface area contributed by atoms with E-state index in [1.165, 1.54) is 29.4 Å². The summed E-state index contributed by atoms with van der Waals surface area (Å²) in [5.74, 6) is -1.30. The number of anilines is 1. The second-order valence-electron chi connectivity index (χ2n) is 10.2. The predicted octanol–water partition coefficient (Wildman–Crippen LogP) is 5.38. The van der Waals surface area contributed by atoms with Gasteiger partial charge in [-0.25, -0.2) is 13.3 Å². The predicted molar refractivity (Wildman–Crippen MR) is 151 cm³/mol. The Hall–Kier alpha value is -3.24. The number of imide groups is 1. The van der Waals surface area contributed by atoms with Gasteiger partial charge < -0.3 is 4.90 Å². The molecule has 0 spiro atoms. The standard InChI is InChI=1S/C29H30ClF3N4O4S/c1-20-23(28(39)37(27(20)38)22-12-11-21(19-34)24(18-22)29(31,32)33)8-4-2-3-7-13-35-14-16-36(17-15-35)42(40,41)26-10-6-5-9-25(26)30/h5-6,9-12,18H,2-4,7-8,13-17H2,1H3. The molecule has 2 aromatic carbocycles. The monoisotopic (exact) mass is 622 g/mol. The van der Waals surface area contributed by atoms with E-state index in [0.717, 1.165) is 36.8 Å². The number of halogens is 4. The number of benzene rings is 2. The summed E-state index contributed by atoms with van der Waals surface area (Å²) in [7, 11) is -3.65. The first-order valence-corrected chi connectivity index (χ1v) is 15.3. The molecule has 0 N–H and O–H groups in total. The van der Waals surface area contributed by atoms with Crippen molar-refractivity contribution >= 4 is 39.1 Å². The van der Waals surface area contributed by atoms with Crippen LogP contribution in [0.5, 0.6) is 0 Å². The summed E-state index contributed by atoms with van der Waals surface area (Å²) in [6.07, 6.45) is -1.33. The number of nitrogens with zero attached hydrogens (tertiary/aromatic N) is 4. The van der Waals surface area contributed by atoms with Gasteiger partial charge in [0.25, 0.3) is 11.8 Å². The Labute approximate surface area is 248 Å². The van der Waals surface area contributed by atoms with Crippen LogP contribution in [0, 0.1) is 11.3 Å². The van der Waals surface area contributed by atoms with Gasteiger partial charge in [-0.05, 0) is 63.1 Å². The van der Waals surface area contributed by atoms with Crippen LogP contribution in [-0.4, -0.2) is 62.2 Å². The van der Waals surface area contributed by atoms with Gasteiger partial charge >= 0.3 is 6.18 Å². The Morgan fingerprint density at radius 2 is 1.62 bits per heavy atom. The van der Waals surface area contributed by atoms with Crippen LogP contribution in [0.2, 0.25) is 5.02 Å². The SMILES string of the molecule is CC1=C(CCCCCCN2CCN(S(=O)(=O)c3ccccc3Cl)CC2)C(=O)N(c2ccc(C#N)c(C(F)(F)F)c2)C1=O. The van der Waals surface area contributed by atoms with Crippen LogP contribution in [0.25, 0.3) is 0 Å². The average molecular weight is 623 g/mol. The smallest absolute Gasteiger partial charge is 0.301 e. The zero-order chi connectivity index (χ0) is 30.7. The van der Waals surface area contributed by atoms with E-state index >= 15 is 0 Å². The van der Waals surface area contributed by atoms with Gasteiger partial charge in [-0.1, -0.05) is 36.6 Å². The highest BCUT2D eigenvalue weighted by Gasteiger charge is 2.39. The van der Waals surface area contributed by atoms with Crippen LogP contribution in [0.3, 0.4) is 0 Å². The maximum atomic E-state index is 13.4. The first-order valence-electron chi connectivity index (χ1n) is 13.5. The van der Waals surface area contributed by atoms with Crippen molar-refractivity contribution in [2.24, 2.45) is 0 Å². The van der Waals surface area contributed by atoms with Gasteiger partial charge in [-0.3, -0.25) is 9.59 Å². The van der Waals surface area contributed by atoms with Crippen molar-refractivity contribution < 1.29 is 31.2 Å². The van der Waals surface area contributed by atoms with Crippen molar-refractivity contribution in [1.29, 1.82) is 5.26 Å². The summed E-state index contributed by atoms with van der Waals surface area (Å²) in [6.45, 7) is 4.25. The molecular weight excluding hydrogens is 593 g/mol. The van der Waals surface area contributed by atoms with Crippen LogP contribution in [0.4, 0.5) is 18.9 Å². The lowest BCUT2D eigenvalue weighted by atomic mass is 10.0. The van der Waals surface area contributed by atoms with Crippen LogP contribution in [0.15, 0.2) is 58.5 Å². The number of carbonyl (C=O) groups is 2. The molecule has 42 heavy (non-hydrogen) atoms. The molecule has 0 saturated carbocycles. The zero-order valence-corrected chi connectivity index (χ0v) is 24.5. The fourth-order valence-corrected chi connectivity index (χ4v) is 7.11. The first-order chi connectivity index (χ1) is 19.9. The quantitative estimate of drug-likeness (QED) is 0.261. The van der Waals surface area contributed by atoms with Crippen LogP contribution < -0.4 is 4.90 Å². The highest BCUT2D eigenvalue weighted by Crippen LogP contribution is 2.37. The zero-order valence-electron chi connectivity index (χ0n) is 23.0. The molecule has 2 aromatic rings. The van der Waals surface area contributed by atoms with E-state index in [4.69, 9.17) is 16.9 Å². The summed E-state index contributed by atoms with van der Waals surface area (Å²) in [6, 6.07) is 10.7. The Bertz CT molecular complexity index is 1540. The van der Waals surface area contributed by atoms with E-state index in [0.29, 0.717) is 45.1 Å². The van der Waals surface area contributed by atoms with E-state index in [2.05, 4.69) is 4.90 Å². The Morgan fingerprint density at radius 3 is 2.26 bits per heavy atom. The van der Waals surface area contributed by atoms with Crippen molar-refractivity contribution in [2.45, 2.75) is 50.1 Å². The van der Waals surface area contributed by atoms with Crippen molar-refractivity contribution in [3.8, 4) is 6.07 Å². The molecule has 0 atom stereocenters. The van der Waals surface area contributed by atoms with Crippen molar-refractivity contribution in [1.82, 2.24) is 9.21 Å². The Morgan fingerprint density at radius 1 is 0.952 bits per heavy atom. The lowest BCUT2D eigenvalue weighted by Crippen LogP contribution is -2.48. The van der Waals surface area contributed by atoms with E-state index in [-0.39, 0.29) is 26.8 Å². The molecule has 2 amide bonds. The highest BCUT2D eigenvalue weighted by atomic mass is 35.5. The summed E-state index contributed by atoms with van der Waals surface area (Å²) in [4.78, 5) is 28.9. The number of hydrogen-bond acceptors (Lipinski definition) is 6. The van der Waals surface area contributed by atoms with Gasteiger partial charge in [0.2, 0.25) is 10.0 Å². The minimum atomic E-state index is -4.81. The van der Waals surface area contributed by atoms with E-state index < -0.39 is 39.1 Å². The van der Waals surface area contributed by atoms with Crippen molar-refractivity contribution in [3.05, 3.63) is 69.8 Å². The number of piperazine rings is 1. The van der Waals surface area contributed by atoms with Gasteiger partial charge in [0.1, 0.15) is 4.90 Å². The maximum Gasteiger partial charge on any atom is 0.417 e. The number of alkyl halides is 3. The van der Waals surface area contributed by atoms with Gasteiger partial charge in [0, 0.05) is 37.3 Å². The molecule has 1 fully saturated rings. The normalized spacial score (nSPS) is 17.3. The number of nitriles is 1. The number of rotatable bonds is 10. The molecule has 4 rings (SSSR count). The molecule has 2 aliphatic rings. The maximum absolute atomic E-state index is 13.4. The Kier molecular flexibility index (Phi) is 9.77. The second kappa shape index (κ2) is 13.0. The van der Waals surface area contributed by atoms with Gasteiger partial charge in [-0.15, -0.1) is 0 Å². The summed E-state index contributed by atoms with van der Waals surface area (Å²) in [5.41, 5.74) is -1.50. The number of amides is 2. The third kappa shape index (κ3) is 6.70. The highest BCUT2D eigenvalue weighted by molar-refractivity contribution is 7.89. The van der Waals surface area contributed by atoms with Gasteiger partial charge in [0.05, 0.1) is 27.9 Å². The fourth-order valence-electron chi connectivity index (χ4n) is 5.19. The lowest BCUT2D eigenvalue weighted by Gasteiger charge is -2.34. The molecule has 13 heteroatoms. The van der Waals surface area contributed by atoms with E-state index in [9.17, 15) is 31.2 Å². The molecule has 0 aromatic heterocycles. The van der Waals surface area contributed by atoms with Crippen LogP contribution in [-0.2, 0) is 25.8 Å². The summed E-state index contributed by atoms with van der Waals surface area (Å²) in [5, 5.41) is 9.21. The van der Waals surface area contributed by atoms with Crippen LogP contribution >= 0.6 is 11.6 Å². The molecule has 0 bridgehead atoms. The summed E-state index contributed by atoms with van der Waals surface area (Å²) >= 11 is 6.09. The second-order valence-corrected chi connectivity index (χ2v) is 12.5. The molecule has 0 aliphatic carbocycles. The minimum absolute atomic E-state index is 0.110. The van der Waals surface area contributed by atoms with E-state index in [1.54, 1.807) is 18.2 Å². The molecular formula is C29H30ClF3N4O4S. The number of sulfonamides is 1.